The fraction of sp³-hybridized carbons (Fsp3) is 0.214. The van der Waals surface area contributed by atoms with Crippen molar-refractivity contribution in [2.24, 2.45) is 0 Å². The molecule has 0 unspecified atom stereocenters. The highest BCUT2D eigenvalue weighted by molar-refractivity contribution is 5.85. The van der Waals surface area contributed by atoms with Crippen molar-refractivity contribution in [3.05, 3.63) is 82.5 Å². The van der Waals surface area contributed by atoms with Crippen molar-refractivity contribution >= 4 is 22.5 Å². The second-order valence-corrected chi connectivity index (χ2v) is 9.43. The number of aryl methyl sites for hydroxylation is 1. The number of hydrogen-bond acceptors (Lipinski definition) is 10. The van der Waals surface area contributed by atoms with Crippen LogP contribution in [-0.2, 0) is 0 Å². The van der Waals surface area contributed by atoms with Gasteiger partial charge in [-0.1, -0.05) is 36.1 Å². The van der Waals surface area contributed by atoms with Crippen LogP contribution in [-0.4, -0.2) is 40.4 Å². The number of benzene rings is 2. The first kappa shape index (κ1) is 25.6. The summed E-state index contributed by atoms with van der Waals surface area (Å²) in [6.07, 6.45) is 1.32. The van der Waals surface area contributed by atoms with Gasteiger partial charge in [-0.3, -0.25) is 9.36 Å². The Kier molecular flexibility index (Phi) is 6.55. The molecule has 5 aromatic rings. The minimum absolute atomic E-state index is 0.158. The lowest BCUT2D eigenvalue weighted by atomic mass is 10.1. The summed E-state index contributed by atoms with van der Waals surface area (Å²) in [5, 5.41) is 21.7. The highest BCUT2D eigenvalue weighted by Crippen LogP contribution is 2.32. The standard InChI is InChI=1S/C28H26N8O3/c1-16(32-24-22(23(29)30-15-31-24)26-35-34-17(2)39-26)25-33-20-12-8-9-18(13-14-28(3,4)38)21(20)27(37)36(25)19-10-6-5-7-11-19/h5-12,15-16,38H,1-4H3,(H3,29,30,31,32)/t16-/m0/s1. The number of aliphatic hydroxyl groups is 1. The van der Waals surface area contributed by atoms with Crippen LogP contribution in [0.5, 0.6) is 0 Å². The molecular weight excluding hydrogens is 496 g/mol. The van der Waals surface area contributed by atoms with Crippen molar-refractivity contribution in [2.75, 3.05) is 11.1 Å². The summed E-state index contributed by atoms with van der Waals surface area (Å²) in [5.41, 5.74) is 6.55. The van der Waals surface area contributed by atoms with Crippen LogP contribution in [0.3, 0.4) is 0 Å². The molecule has 2 aromatic carbocycles. The second kappa shape index (κ2) is 10.00. The number of nitrogens with two attached hydrogens (primary N) is 1. The van der Waals surface area contributed by atoms with Gasteiger partial charge in [0.1, 0.15) is 35.0 Å². The number of hydrogen-bond donors (Lipinski definition) is 3. The van der Waals surface area contributed by atoms with E-state index in [0.29, 0.717) is 45.3 Å². The van der Waals surface area contributed by atoms with Gasteiger partial charge in [-0.2, -0.15) is 0 Å². The molecule has 5 rings (SSSR count). The van der Waals surface area contributed by atoms with Crippen LogP contribution in [0.25, 0.3) is 28.0 Å². The molecule has 39 heavy (non-hydrogen) atoms. The number of nitrogens with one attached hydrogen (secondary N) is 1. The van der Waals surface area contributed by atoms with Crippen LogP contribution >= 0.6 is 0 Å². The smallest absolute Gasteiger partial charge is 0.267 e. The lowest BCUT2D eigenvalue weighted by molar-refractivity contribution is 0.143. The fourth-order valence-electron chi connectivity index (χ4n) is 4.08. The molecule has 0 bridgehead atoms. The van der Waals surface area contributed by atoms with E-state index in [0.717, 1.165) is 0 Å². The highest BCUT2D eigenvalue weighted by atomic mass is 16.4. The average Bonchev–Trinajstić information content (AvgIpc) is 3.32. The summed E-state index contributed by atoms with van der Waals surface area (Å²) in [4.78, 5) is 27.4. The third kappa shape index (κ3) is 5.18. The van der Waals surface area contributed by atoms with Crippen LogP contribution in [0.4, 0.5) is 11.6 Å². The molecule has 0 aliphatic carbocycles. The van der Waals surface area contributed by atoms with Crippen LogP contribution in [0, 0.1) is 18.8 Å². The first-order valence-electron chi connectivity index (χ1n) is 12.2. The number of fused-ring (bicyclic) bond motifs is 1. The summed E-state index contributed by atoms with van der Waals surface area (Å²) in [6.45, 7) is 6.69. The lowest BCUT2D eigenvalue weighted by Crippen LogP contribution is -2.28. The van der Waals surface area contributed by atoms with E-state index < -0.39 is 11.6 Å². The number of anilines is 2. The second-order valence-electron chi connectivity index (χ2n) is 9.43. The quantitative estimate of drug-likeness (QED) is 0.292. The average molecular weight is 523 g/mol. The molecule has 1 atom stereocenters. The Hall–Kier alpha value is -5.08. The molecule has 3 aromatic heterocycles. The minimum atomic E-state index is -1.22. The van der Waals surface area contributed by atoms with Gasteiger partial charge in [0.05, 0.1) is 22.6 Å². The monoisotopic (exact) mass is 522 g/mol. The Morgan fingerprint density at radius 2 is 1.87 bits per heavy atom. The zero-order chi connectivity index (χ0) is 27.7. The molecule has 0 aliphatic heterocycles. The molecule has 4 N–H and O–H groups in total. The van der Waals surface area contributed by atoms with Crippen LogP contribution < -0.4 is 16.6 Å². The van der Waals surface area contributed by atoms with Crippen molar-refractivity contribution < 1.29 is 9.52 Å². The van der Waals surface area contributed by atoms with E-state index >= 15 is 0 Å². The highest BCUT2D eigenvalue weighted by Gasteiger charge is 2.23. The molecule has 0 aliphatic rings. The Morgan fingerprint density at radius 1 is 1.10 bits per heavy atom. The van der Waals surface area contributed by atoms with Crippen molar-refractivity contribution in [3.63, 3.8) is 0 Å². The molecule has 3 heterocycles. The summed E-state index contributed by atoms with van der Waals surface area (Å²) in [6, 6.07) is 13.9. The van der Waals surface area contributed by atoms with Gasteiger partial charge >= 0.3 is 0 Å². The van der Waals surface area contributed by atoms with Crippen LogP contribution in [0.15, 0.2) is 64.1 Å². The van der Waals surface area contributed by atoms with Gasteiger partial charge in [-0.05, 0) is 45.0 Å². The summed E-state index contributed by atoms with van der Waals surface area (Å²) in [7, 11) is 0. The SMILES string of the molecule is Cc1nnc(-c2c(N)ncnc2N[C@@H](C)c2nc3cccc(C#CC(C)(C)O)c3c(=O)n2-c2ccccc2)o1. The van der Waals surface area contributed by atoms with Gasteiger partial charge in [-0.15, -0.1) is 10.2 Å². The van der Waals surface area contributed by atoms with Gasteiger partial charge in [0, 0.05) is 12.5 Å². The Bertz CT molecular complexity index is 1790. The molecule has 11 heteroatoms. The summed E-state index contributed by atoms with van der Waals surface area (Å²) >= 11 is 0. The van der Waals surface area contributed by atoms with Gasteiger partial charge in [0.25, 0.3) is 11.4 Å². The Morgan fingerprint density at radius 3 is 2.56 bits per heavy atom. The largest absolute Gasteiger partial charge is 0.421 e. The van der Waals surface area contributed by atoms with E-state index in [1.165, 1.54) is 10.9 Å². The van der Waals surface area contributed by atoms with Crippen LogP contribution in [0.2, 0.25) is 0 Å². The summed E-state index contributed by atoms with van der Waals surface area (Å²) in [5.74, 6) is 7.20. The molecule has 11 nitrogen and oxygen atoms in total. The van der Waals surface area contributed by atoms with E-state index in [-0.39, 0.29) is 17.3 Å². The first-order valence-corrected chi connectivity index (χ1v) is 12.2. The van der Waals surface area contributed by atoms with Gasteiger partial charge in [0.2, 0.25) is 5.89 Å². The molecule has 0 spiro atoms. The maximum Gasteiger partial charge on any atom is 0.267 e. The molecule has 0 saturated heterocycles. The number of rotatable bonds is 5. The molecular formula is C28H26N8O3. The molecule has 196 valence electrons. The Balaban J connectivity index is 1.69. The summed E-state index contributed by atoms with van der Waals surface area (Å²) < 4.78 is 7.12. The predicted octanol–water partition coefficient (Wildman–Crippen LogP) is 3.41. The zero-order valence-corrected chi connectivity index (χ0v) is 21.8. The van der Waals surface area contributed by atoms with Crippen molar-refractivity contribution in [1.29, 1.82) is 0 Å². The third-order valence-corrected chi connectivity index (χ3v) is 5.80. The normalized spacial score (nSPS) is 12.1. The van der Waals surface area contributed by atoms with Gasteiger partial charge in [-0.25, -0.2) is 15.0 Å². The minimum Gasteiger partial charge on any atom is -0.421 e. The van der Waals surface area contributed by atoms with E-state index in [4.69, 9.17) is 15.1 Å². The number of nitrogens with zero attached hydrogens (tertiary/aromatic N) is 6. The Labute approximate surface area is 223 Å². The van der Waals surface area contributed by atoms with E-state index in [1.807, 2.05) is 37.3 Å². The fourth-order valence-corrected chi connectivity index (χ4v) is 4.08. The molecule has 0 radical (unpaired) electrons. The van der Waals surface area contributed by atoms with Crippen LogP contribution in [0.1, 0.15) is 44.1 Å². The maximum absolute atomic E-state index is 14.1. The predicted molar refractivity (Wildman–Crippen MR) is 147 cm³/mol. The van der Waals surface area contributed by atoms with E-state index in [2.05, 4.69) is 37.3 Å². The topological polar surface area (TPSA) is 158 Å². The molecule has 0 saturated carbocycles. The van der Waals surface area contributed by atoms with Gasteiger partial charge < -0.3 is 20.6 Å². The van der Waals surface area contributed by atoms with E-state index in [1.54, 1.807) is 39.0 Å². The lowest BCUT2D eigenvalue weighted by Gasteiger charge is -2.21. The molecule has 0 fully saturated rings. The van der Waals surface area contributed by atoms with E-state index in [9.17, 15) is 9.90 Å². The van der Waals surface area contributed by atoms with Crippen molar-refractivity contribution in [2.45, 2.75) is 39.3 Å². The number of aromatic nitrogens is 6. The van der Waals surface area contributed by atoms with Gasteiger partial charge in [0.15, 0.2) is 0 Å². The third-order valence-electron chi connectivity index (χ3n) is 5.80. The first-order chi connectivity index (χ1) is 18.6. The number of nitrogen functional groups attached to an aromatic ring is 1. The molecule has 0 amide bonds. The van der Waals surface area contributed by atoms with Crippen molar-refractivity contribution in [3.8, 4) is 29.0 Å². The number of para-hydroxylation sites is 1. The van der Waals surface area contributed by atoms with Crippen molar-refractivity contribution in [1.82, 2.24) is 29.7 Å². The maximum atomic E-state index is 14.1. The zero-order valence-electron chi connectivity index (χ0n) is 21.8.